The number of amides is 1. The van der Waals surface area contributed by atoms with E-state index >= 15 is 0 Å². The Balaban J connectivity index is 2.44. The fourth-order valence-corrected chi connectivity index (χ4v) is 1.93. The summed E-state index contributed by atoms with van der Waals surface area (Å²) in [5, 5.41) is 2.64. The zero-order valence-corrected chi connectivity index (χ0v) is 9.79. The molecule has 0 heterocycles. The zero-order chi connectivity index (χ0) is 11.3. The van der Waals surface area contributed by atoms with Gasteiger partial charge < -0.3 is 5.32 Å². The SMILES string of the molecule is CNC(=O)CSCc1ccc(Cl)c(F)c1. The number of rotatable bonds is 4. The molecule has 2 nitrogen and oxygen atoms in total. The molecule has 0 spiro atoms. The molecule has 0 aliphatic rings. The number of benzene rings is 1. The second-order valence-corrected chi connectivity index (χ2v) is 4.31. The van der Waals surface area contributed by atoms with Crippen molar-refractivity contribution in [1.82, 2.24) is 5.32 Å². The molecule has 82 valence electrons. The van der Waals surface area contributed by atoms with Gasteiger partial charge in [0.25, 0.3) is 0 Å². The average molecular weight is 248 g/mol. The molecule has 0 radical (unpaired) electrons. The molecule has 0 saturated carbocycles. The first-order chi connectivity index (χ1) is 7.13. The van der Waals surface area contributed by atoms with Crippen LogP contribution >= 0.6 is 23.4 Å². The van der Waals surface area contributed by atoms with Crippen molar-refractivity contribution in [2.75, 3.05) is 12.8 Å². The largest absolute Gasteiger partial charge is 0.358 e. The minimum Gasteiger partial charge on any atom is -0.358 e. The number of nitrogens with one attached hydrogen (secondary N) is 1. The Hall–Kier alpha value is -0.740. The average Bonchev–Trinajstić information content (AvgIpc) is 2.23. The van der Waals surface area contributed by atoms with Crippen LogP contribution in [0.25, 0.3) is 0 Å². The molecular weight excluding hydrogens is 237 g/mol. The van der Waals surface area contributed by atoms with Crippen molar-refractivity contribution in [2.24, 2.45) is 0 Å². The van der Waals surface area contributed by atoms with Gasteiger partial charge >= 0.3 is 0 Å². The molecule has 1 amide bonds. The van der Waals surface area contributed by atoms with Gasteiger partial charge in [-0.3, -0.25) is 4.79 Å². The molecule has 0 aliphatic heterocycles. The first-order valence-corrected chi connectivity index (χ1v) is 5.89. The number of halogens is 2. The van der Waals surface area contributed by atoms with Crippen LogP contribution in [0.1, 0.15) is 5.56 Å². The Morgan fingerprint density at radius 3 is 2.93 bits per heavy atom. The van der Waals surface area contributed by atoms with Crippen LogP contribution < -0.4 is 5.32 Å². The fourth-order valence-electron chi connectivity index (χ4n) is 0.963. The highest BCUT2D eigenvalue weighted by molar-refractivity contribution is 7.99. The van der Waals surface area contributed by atoms with Crippen molar-refractivity contribution >= 4 is 29.3 Å². The summed E-state index contributed by atoms with van der Waals surface area (Å²) in [5.41, 5.74) is 0.825. The summed E-state index contributed by atoms with van der Waals surface area (Å²) in [6.07, 6.45) is 0. The lowest BCUT2D eigenvalue weighted by molar-refractivity contribution is -0.118. The van der Waals surface area contributed by atoms with Crippen molar-refractivity contribution in [3.05, 3.63) is 34.6 Å². The van der Waals surface area contributed by atoms with Gasteiger partial charge in [0.2, 0.25) is 5.91 Å². The number of carbonyl (C=O) groups excluding carboxylic acids is 1. The van der Waals surface area contributed by atoms with E-state index in [0.29, 0.717) is 11.5 Å². The van der Waals surface area contributed by atoms with Gasteiger partial charge in [-0.25, -0.2) is 4.39 Å². The standard InChI is InChI=1S/C10H11ClFNOS/c1-13-10(14)6-15-5-7-2-3-8(11)9(12)4-7/h2-4H,5-6H2,1H3,(H,13,14). The molecule has 1 aromatic rings. The van der Waals surface area contributed by atoms with Gasteiger partial charge in [-0.2, -0.15) is 0 Å². The molecule has 0 bridgehead atoms. The molecule has 1 aromatic carbocycles. The third kappa shape index (κ3) is 4.10. The van der Waals surface area contributed by atoms with Crippen LogP contribution in [0.3, 0.4) is 0 Å². The summed E-state index contributed by atoms with van der Waals surface area (Å²) >= 11 is 6.97. The van der Waals surface area contributed by atoms with Crippen molar-refractivity contribution in [1.29, 1.82) is 0 Å². The summed E-state index contributed by atoms with van der Waals surface area (Å²) in [6.45, 7) is 0. The Labute approximate surface area is 97.2 Å². The summed E-state index contributed by atoms with van der Waals surface area (Å²) in [6, 6.07) is 4.66. The third-order valence-electron chi connectivity index (χ3n) is 1.76. The summed E-state index contributed by atoms with van der Waals surface area (Å²) in [5.74, 6) is 0.520. The van der Waals surface area contributed by atoms with Gasteiger partial charge in [0.1, 0.15) is 5.82 Å². The van der Waals surface area contributed by atoms with Gasteiger partial charge in [-0.1, -0.05) is 17.7 Å². The topological polar surface area (TPSA) is 29.1 Å². The lowest BCUT2D eigenvalue weighted by Gasteiger charge is -2.02. The highest BCUT2D eigenvalue weighted by atomic mass is 35.5. The number of hydrogen-bond donors (Lipinski definition) is 1. The molecule has 5 heteroatoms. The smallest absolute Gasteiger partial charge is 0.229 e. The van der Waals surface area contributed by atoms with E-state index in [1.165, 1.54) is 23.9 Å². The number of hydrogen-bond acceptors (Lipinski definition) is 2. The normalized spacial score (nSPS) is 10.1. The summed E-state index contributed by atoms with van der Waals surface area (Å²) < 4.78 is 13.0. The van der Waals surface area contributed by atoms with Gasteiger partial charge in [0.15, 0.2) is 0 Å². The van der Waals surface area contributed by atoms with Crippen molar-refractivity contribution in [3.63, 3.8) is 0 Å². The Morgan fingerprint density at radius 2 is 2.33 bits per heavy atom. The van der Waals surface area contributed by atoms with E-state index in [0.717, 1.165) is 5.56 Å². The lowest BCUT2D eigenvalue weighted by Crippen LogP contribution is -2.19. The fraction of sp³-hybridized carbons (Fsp3) is 0.300. The molecular formula is C10H11ClFNOS. The number of thioether (sulfide) groups is 1. The second-order valence-electron chi connectivity index (χ2n) is 2.91. The van der Waals surface area contributed by atoms with E-state index in [4.69, 9.17) is 11.6 Å². The third-order valence-corrected chi connectivity index (χ3v) is 3.08. The molecule has 0 unspecified atom stereocenters. The van der Waals surface area contributed by atoms with Crippen molar-refractivity contribution in [2.45, 2.75) is 5.75 Å². The van der Waals surface area contributed by atoms with Gasteiger partial charge in [-0.15, -0.1) is 11.8 Å². The minimum absolute atomic E-state index is 0.0329. The van der Waals surface area contributed by atoms with Gasteiger partial charge in [-0.05, 0) is 17.7 Å². The van der Waals surface area contributed by atoms with E-state index in [-0.39, 0.29) is 10.9 Å². The molecule has 0 aromatic heterocycles. The van der Waals surface area contributed by atoms with Crippen LogP contribution in [0.15, 0.2) is 18.2 Å². The molecule has 15 heavy (non-hydrogen) atoms. The maximum absolute atomic E-state index is 13.0. The van der Waals surface area contributed by atoms with E-state index in [1.807, 2.05) is 0 Å². The molecule has 0 saturated heterocycles. The highest BCUT2D eigenvalue weighted by Gasteiger charge is 2.02. The van der Waals surface area contributed by atoms with Gasteiger partial charge in [0, 0.05) is 12.8 Å². The predicted molar refractivity (Wildman–Crippen MR) is 61.6 cm³/mol. The summed E-state index contributed by atoms with van der Waals surface area (Å²) in [4.78, 5) is 10.9. The minimum atomic E-state index is -0.422. The van der Waals surface area contributed by atoms with E-state index in [1.54, 1.807) is 13.1 Å². The van der Waals surface area contributed by atoms with E-state index < -0.39 is 5.82 Å². The molecule has 0 atom stereocenters. The van der Waals surface area contributed by atoms with Gasteiger partial charge in [0.05, 0.1) is 10.8 Å². The Morgan fingerprint density at radius 1 is 1.60 bits per heavy atom. The molecule has 1 rings (SSSR count). The first kappa shape index (κ1) is 12.3. The Kier molecular flexibility index (Phi) is 4.91. The van der Waals surface area contributed by atoms with Crippen LogP contribution in [0.2, 0.25) is 5.02 Å². The Bertz CT molecular complexity index is 359. The van der Waals surface area contributed by atoms with Crippen LogP contribution in [-0.2, 0) is 10.5 Å². The zero-order valence-electron chi connectivity index (χ0n) is 8.22. The van der Waals surface area contributed by atoms with Crippen LogP contribution in [0, 0.1) is 5.82 Å². The van der Waals surface area contributed by atoms with Crippen LogP contribution in [0.4, 0.5) is 4.39 Å². The summed E-state index contributed by atoms with van der Waals surface area (Å²) in [7, 11) is 1.59. The maximum atomic E-state index is 13.0. The lowest BCUT2D eigenvalue weighted by atomic mass is 10.2. The number of carbonyl (C=O) groups is 1. The van der Waals surface area contributed by atoms with Crippen molar-refractivity contribution in [3.8, 4) is 0 Å². The second kappa shape index (κ2) is 5.98. The predicted octanol–water partition coefficient (Wildman–Crippen LogP) is 2.46. The van der Waals surface area contributed by atoms with Crippen molar-refractivity contribution < 1.29 is 9.18 Å². The first-order valence-electron chi connectivity index (χ1n) is 4.35. The quantitative estimate of drug-likeness (QED) is 0.886. The maximum Gasteiger partial charge on any atom is 0.229 e. The van der Waals surface area contributed by atoms with E-state index in [2.05, 4.69) is 5.32 Å². The highest BCUT2D eigenvalue weighted by Crippen LogP contribution is 2.18. The van der Waals surface area contributed by atoms with Crippen LogP contribution in [-0.4, -0.2) is 18.7 Å². The molecule has 1 N–H and O–H groups in total. The van der Waals surface area contributed by atoms with E-state index in [9.17, 15) is 9.18 Å². The molecule has 0 aliphatic carbocycles. The van der Waals surface area contributed by atoms with Crippen LogP contribution in [0.5, 0.6) is 0 Å². The molecule has 0 fully saturated rings. The monoisotopic (exact) mass is 247 g/mol.